The summed E-state index contributed by atoms with van der Waals surface area (Å²) >= 11 is 5.95. The lowest BCUT2D eigenvalue weighted by molar-refractivity contribution is 0.0914. The first kappa shape index (κ1) is 10.2. The number of amides is 1. The van der Waals surface area contributed by atoms with E-state index in [4.69, 9.17) is 11.6 Å². The quantitative estimate of drug-likeness (QED) is 0.832. The van der Waals surface area contributed by atoms with Crippen LogP contribution < -0.4 is 10.6 Å². The third kappa shape index (κ3) is 1.83. The van der Waals surface area contributed by atoms with Crippen LogP contribution in [-0.4, -0.2) is 29.6 Å². The highest BCUT2D eigenvalue weighted by Crippen LogP contribution is 2.37. The van der Waals surface area contributed by atoms with Crippen molar-refractivity contribution < 1.29 is 4.79 Å². The second kappa shape index (κ2) is 3.79. The fourth-order valence-electron chi connectivity index (χ4n) is 1.93. The maximum Gasteiger partial charge on any atom is 0.268 e. The number of hydrogen-bond acceptors (Lipinski definition) is 2. The first-order chi connectivity index (χ1) is 7.74. The molecule has 0 aromatic carbocycles. The Kier molecular flexibility index (Phi) is 2.41. The minimum atomic E-state index is -0.00898. The number of carbonyl (C=O) groups excluding carboxylic acids is 1. The number of halogens is 1. The molecular weight excluding hydrogens is 226 g/mol. The number of nitrogens with one attached hydrogen (secondary N) is 2. The van der Waals surface area contributed by atoms with Crippen molar-refractivity contribution in [1.29, 1.82) is 0 Å². The van der Waals surface area contributed by atoms with Gasteiger partial charge in [-0.1, -0.05) is 11.6 Å². The summed E-state index contributed by atoms with van der Waals surface area (Å²) in [4.78, 5) is 12.0. The van der Waals surface area contributed by atoms with Crippen LogP contribution in [0.1, 0.15) is 29.4 Å². The molecule has 1 aliphatic heterocycles. The van der Waals surface area contributed by atoms with Gasteiger partial charge in [0.05, 0.1) is 11.1 Å². The van der Waals surface area contributed by atoms with Crippen LogP contribution in [0, 0.1) is 0 Å². The van der Waals surface area contributed by atoms with E-state index in [1.54, 1.807) is 6.07 Å². The molecule has 0 bridgehead atoms. The summed E-state index contributed by atoms with van der Waals surface area (Å²) in [6.45, 7) is 1.73. The second-order valence-electron chi connectivity index (χ2n) is 4.51. The number of nitrogens with zero attached hydrogens (tertiary/aromatic N) is 1. The molecule has 1 aromatic rings. The average molecular weight is 240 g/mol. The van der Waals surface area contributed by atoms with Crippen LogP contribution in [0.2, 0.25) is 5.02 Å². The molecule has 0 spiro atoms. The summed E-state index contributed by atoms with van der Waals surface area (Å²) < 4.78 is 2.00. The molecule has 0 atom stereocenters. The third-order valence-electron chi connectivity index (χ3n) is 3.10. The van der Waals surface area contributed by atoms with E-state index in [9.17, 15) is 4.79 Å². The van der Waals surface area contributed by atoms with Crippen molar-refractivity contribution in [2.24, 2.45) is 0 Å². The standard InChI is InChI=1S/C11H14ClN3O/c12-7-3-10(15(6-7)9-1-2-9)11(16)14-8-4-13-5-8/h3,6,8-9,13H,1-2,4-5H2,(H,14,16). The Morgan fingerprint density at radius 3 is 2.81 bits per heavy atom. The Balaban J connectivity index is 1.78. The van der Waals surface area contributed by atoms with Gasteiger partial charge < -0.3 is 15.2 Å². The summed E-state index contributed by atoms with van der Waals surface area (Å²) in [6, 6.07) is 2.50. The smallest absolute Gasteiger partial charge is 0.268 e. The van der Waals surface area contributed by atoms with Crippen molar-refractivity contribution in [3.63, 3.8) is 0 Å². The predicted octanol–water partition coefficient (Wildman–Crippen LogP) is 1.18. The van der Waals surface area contributed by atoms with Crippen molar-refractivity contribution in [2.75, 3.05) is 13.1 Å². The van der Waals surface area contributed by atoms with E-state index in [2.05, 4.69) is 10.6 Å². The van der Waals surface area contributed by atoms with Gasteiger partial charge in [-0.2, -0.15) is 0 Å². The molecule has 0 unspecified atom stereocenters. The SMILES string of the molecule is O=C(NC1CNC1)c1cc(Cl)cn1C1CC1. The van der Waals surface area contributed by atoms with E-state index >= 15 is 0 Å². The van der Waals surface area contributed by atoms with E-state index in [1.165, 1.54) is 0 Å². The first-order valence-corrected chi connectivity index (χ1v) is 6.01. The molecule has 5 heteroatoms. The number of carbonyl (C=O) groups is 1. The molecule has 0 radical (unpaired) electrons. The monoisotopic (exact) mass is 239 g/mol. The molecule has 1 saturated carbocycles. The zero-order valence-corrected chi connectivity index (χ0v) is 9.63. The van der Waals surface area contributed by atoms with Gasteiger partial charge in [0.1, 0.15) is 5.69 Å². The van der Waals surface area contributed by atoms with Gasteiger partial charge in [0.25, 0.3) is 5.91 Å². The highest BCUT2D eigenvalue weighted by molar-refractivity contribution is 6.31. The minimum Gasteiger partial charge on any atom is -0.345 e. The molecule has 4 nitrogen and oxygen atoms in total. The van der Waals surface area contributed by atoms with Gasteiger partial charge in [-0.05, 0) is 18.9 Å². The summed E-state index contributed by atoms with van der Waals surface area (Å²) in [7, 11) is 0. The van der Waals surface area contributed by atoms with Crippen molar-refractivity contribution in [1.82, 2.24) is 15.2 Å². The molecule has 2 heterocycles. The van der Waals surface area contributed by atoms with Gasteiger partial charge in [-0.15, -0.1) is 0 Å². The van der Waals surface area contributed by atoms with Crippen molar-refractivity contribution in [3.8, 4) is 0 Å². The highest BCUT2D eigenvalue weighted by Gasteiger charge is 2.29. The minimum absolute atomic E-state index is 0.00898. The van der Waals surface area contributed by atoms with Gasteiger partial charge in [0, 0.05) is 25.3 Å². The van der Waals surface area contributed by atoms with Crippen LogP contribution in [0.15, 0.2) is 12.3 Å². The summed E-state index contributed by atoms with van der Waals surface area (Å²) in [5.41, 5.74) is 0.694. The molecule has 2 fully saturated rings. The van der Waals surface area contributed by atoms with Gasteiger partial charge >= 0.3 is 0 Å². The molecule has 1 amide bonds. The average Bonchev–Trinajstić information content (AvgIpc) is 2.96. The van der Waals surface area contributed by atoms with Crippen LogP contribution in [0.3, 0.4) is 0 Å². The molecular formula is C11H14ClN3O. The van der Waals surface area contributed by atoms with Gasteiger partial charge in [-0.3, -0.25) is 4.79 Å². The normalized spacial score (nSPS) is 20.6. The largest absolute Gasteiger partial charge is 0.345 e. The number of rotatable bonds is 3. The second-order valence-corrected chi connectivity index (χ2v) is 4.95. The Bertz CT molecular complexity index is 421. The van der Waals surface area contributed by atoms with Gasteiger partial charge in [-0.25, -0.2) is 0 Å². The summed E-state index contributed by atoms with van der Waals surface area (Å²) in [5, 5.41) is 6.76. The lowest BCUT2D eigenvalue weighted by atomic mass is 10.2. The van der Waals surface area contributed by atoms with Gasteiger partial charge in [0.2, 0.25) is 0 Å². The molecule has 3 rings (SSSR count). The van der Waals surface area contributed by atoms with Crippen LogP contribution in [0.4, 0.5) is 0 Å². The lowest BCUT2D eigenvalue weighted by Gasteiger charge is -2.28. The van der Waals surface area contributed by atoms with Crippen LogP contribution in [0.25, 0.3) is 0 Å². The predicted molar refractivity (Wildman–Crippen MR) is 61.8 cm³/mol. The van der Waals surface area contributed by atoms with E-state index in [1.807, 2.05) is 10.8 Å². The van der Waals surface area contributed by atoms with Crippen molar-refractivity contribution in [2.45, 2.75) is 24.9 Å². The van der Waals surface area contributed by atoms with Gasteiger partial charge in [0.15, 0.2) is 0 Å². The zero-order valence-electron chi connectivity index (χ0n) is 8.87. The number of hydrogen-bond donors (Lipinski definition) is 2. The van der Waals surface area contributed by atoms with E-state index in [0.717, 1.165) is 25.9 Å². The maximum absolute atomic E-state index is 12.0. The molecule has 1 aliphatic carbocycles. The Morgan fingerprint density at radius 1 is 1.50 bits per heavy atom. The Morgan fingerprint density at radius 2 is 2.25 bits per heavy atom. The van der Waals surface area contributed by atoms with Crippen LogP contribution in [-0.2, 0) is 0 Å². The first-order valence-electron chi connectivity index (χ1n) is 5.63. The topological polar surface area (TPSA) is 46.1 Å². The van der Waals surface area contributed by atoms with Crippen molar-refractivity contribution in [3.05, 3.63) is 23.0 Å². The van der Waals surface area contributed by atoms with Crippen LogP contribution >= 0.6 is 11.6 Å². The molecule has 1 saturated heterocycles. The zero-order chi connectivity index (χ0) is 11.1. The maximum atomic E-state index is 12.0. The molecule has 1 aromatic heterocycles. The van der Waals surface area contributed by atoms with Crippen molar-refractivity contribution >= 4 is 17.5 Å². The van der Waals surface area contributed by atoms with E-state index < -0.39 is 0 Å². The molecule has 2 aliphatic rings. The molecule has 16 heavy (non-hydrogen) atoms. The fraction of sp³-hybridized carbons (Fsp3) is 0.545. The fourth-order valence-corrected chi connectivity index (χ4v) is 2.14. The summed E-state index contributed by atoms with van der Waals surface area (Å²) in [5.74, 6) is -0.00898. The molecule has 2 N–H and O–H groups in total. The van der Waals surface area contributed by atoms with E-state index in [-0.39, 0.29) is 11.9 Å². The van der Waals surface area contributed by atoms with Crippen LogP contribution in [0.5, 0.6) is 0 Å². The third-order valence-corrected chi connectivity index (χ3v) is 3.31. The van der Waals surface area contributed by atoms with E-state index in [0.29, 0.717) is 16.8 Å². The Hall–Kier alpha value is -1.00. The summed E-state index contributed by atoms with van der Waals surface area (Å²) in [6.07, 6.45) is 4.15. The highest BCUT2D eigenvalue weighted by atomic mass is 35.5. The number of aromatic nitrogens is 1. The lowest BCUT2D eigenvalue weighted by Crippen LogP contribution is -2.57. The molecule has 86 valence electrons. The Labute approximate surface area is 99.0 Å².